The first-order valence-corrected chi connectivity index (χ1v) is 11.5. The number of aromatic nitrogens is 1. The Balaban J connectivity index is 1.15. The molecular formula is C23H29N3OS. The third-order valence-corrected chi connectivity index (χ3v) is 7.83. The van der Waals surface area contributed by atoms with Crippen LogP contribution in [0.4, 0.5) is 5.69 Å². The number of nitrogens with zero attached hydrogens (tertiary/aromatic N) is 1. The molecule has 0 saturated heterocycles. The van der Waals surface area contributed by atoms with Gasteiger partial charge in [0.1, 0.15) is 5.01 Å². The van der Waals surface area contributed by atoms with Crippen molar-refractivity contribution in [3.8, 4) is 0 Å². The largest absolute Gasteiger partial charge is 0.326 e. The summed E-state index contributed by atoms with van der Waals surface area (Å²) in [6.45, 7) is 2.88. The summed E-state index contributed by atoms with van der Waals surface area (Å²) in [4.78, 5) is 17.0. The lowest BCUT2D eigenvalue weighted by Gasteiger charge is -2.57. The molecule has 1 heterocycles. The number of hydrogen-bond acceptors (Lipinski definition) is 4. The Kier molecular flexibility index (Phi) is 4.76. The zero-order valence-corrected chi connectivity index (χ0v) is 17.4. The summed E-state index contributed by atoms with van der Waals surface area (Å²) < 4.78 is 0. The molecule has 5 heteroatoms. The maximum atomic E-state index is 12.3. The van der Waals surface area contributed by atoms with Gasteiger partial charge in [-0.15, -0.1) is 11.3 Å². The molecule has 1 aromatic heterocycles. The van der Waals surface area contributed by atoms with Crippen LogP contribution in [0.25, 0.3) is 0 Å². The van der Waals surface area contributed by atoms with Crippen LogP contribution in [0.2, 0.25) is 0 Å². The SMILES string of the molecule is Cc1ccc(NC(=O)Cc2nc(CNC34CC5CC(CC(C5)C3)C4)cs2)cc1. The number of hydrogen-bond donors (Lipinski definition) is 2. The van der Waals surface area contributed by atoms with Gasteiger partial charge in [0.15, 0.2) is 0 Å². The predicted octanol–water partition coefficient (Wildman–Crippen LogP) is 4.69. The van der Waals surface area contributed by atoms with Crippen LogP contribution in [-0.2, 0) is 17.8 Å². The van der Waals surface area contributed by atoms with Crippen molar-refractivity contribution in [2.45, 2.75) is 64.0 Å². The van der Waals surface area contributed by atoms with Gasteiger partial charge in [-0.05, 0) is 75.3 Å². The van der Waals surface area contributed by atoms with Crippen molar-refractivity contribution >= 4 is 22.9 Å². The molecule has 0 unspecified atom stereocenters. The van der Waals surface area contributed by atoms with E-state index < -0.39 is 0 Å². The first-order valence-electron chi connectivity index (χ1n) is 10.6. The van der Waals surface area contributed by atoms with Crippen LogP contribution in [0.3, 0.4) is 0 Å². The molecule has 0 aliphatic heterocycles. The minimum Gasteiger partial charge on any atom is -0.326 e. The minimum atomic E-state index is -0.00111. The van der Waals surface area contributed by atoms with Gasteiger partial charge in [0.2, 0.25) is 5.91 Å². The predicted molar refractivity (Wildman–Crippen MR) is 113 cm³/mol. The number of nitrogens with one attached hydrogen (secondary N) is 2. The first kappa shape index (κ1) is 18.3. The molecule has 148 valence electrons. The van der Waals surface area contributed by atoms with Crippen LogP contribution in [0, 0.1) is 24.7 Å². The summed E-state index contributed by atoms with van der Waals surface area (Å²) in [7, 11) is 0. The van der Waals surface area contributed by atoms with Gasteiger partial charge >= 0.3 is 0 Å². The highest BCUT2D eigenvalue weighted by atomic mass is 32.1. The minimum absolute atomic E-state index is 0.00111. The molecule has 0 atom stereocenters. The fourth-order valence-corrected chi connectivity index (χ4v) is 6.89. The normalized spacial score (nSPS) is 30.5. The van der Waals surface area contributed by atoms with E-state index in [0.29, 0.717) is 12.0 Å². The lowest BCUT2D eigenvalue weighted by molar-refractivity contribution is -0.115. The Hall–Kier alpha value is -1.72. The van der Waals surface area contributed by atoms with Crippen LogP contribution in [0.15, 0.2) is 29.6 Å². The van der Waals surface area contributed by atoms with Crippen molar-refractivity contribution in [1.29, 1.82) is 0 Å². The van der Waals surface area contributed by atoms with E-state index in [0.717, 1.165) is 40.7 Å². The molecule has 0 spiro atoms. The van der Waals surface area contributed by atoms with Crippen molar-refractivity contribution in [1.82, 2.24) is 10.3 Å². The Morgan fingerprint density at radius 2 is 1.75 bits per heavy atom. The maximum Gasteiger partial charge on any atom is 0.231 e. The molecular weight excluding hydrogens is 366 g/mol. The molecule has 1 amide bonds. The Morgan fingerprint density at radius 1 is 1.11 bits per heavy atom. The van der Waals surface area contributed by atoms with E-state index in [1.807, 2.05) is 31.2 Å². The van der Waals surface area contributed by atoms with Gasteiger partial charge in [0.05, 0.1) is 12.1 Å². The van der Waals surface area contributed by atoms with Crippen LogP contribution in [0.1, 0.15) is 54.8 Å². The molecule has 2 aromatic rings. The summed E-state index contributed by atoms with van der Waals surface area (Å²) in [5.41, 5.74) is 3.48. The number of thiazole rings is 1. The second-order valence-corrected chi connectivity index (χ2v) is 10.3. The Labute approximate surface area is 171 Å². The number of amides is 1. The second kappa shape index (κ2) is 7.27. The number of aryl methyl sites for hydroxylation is 1. The Bertz CT molecular complexity index is 822. The highest BCUT2D eigenvalue weighted by Gasteiger charge is 2.50. The summed E-state index contributed by atoms with van der Waals surface area (Å²) >= 11 is 1.60. The van der Waals surface area contributed by atoms with E-state index in [-0.39, 0.29) is 5.91 Å². The molecule has 4 fully saturated rings. The van der Waals surface area contributed by atoms with E-state index in [1.54, 1.807) is 11.3 Å². The second-order valence-electron chi connectivity index (χ2n) is 9.37. The van der Waals surface area contributed by atoms with E-state index in [4.69, 9.17) is 4.98 Å². The molecule has 4 nitrogen and oxygen atoms in total. The fraction of sp³-hybridized carbons (Fsp3) is 0.565. The lowest BCUT2D eigenvalue weighted by Crippen LogP contribution is -2.58. The third-order valence-electron chi connectivity index (χ3n) is 6.93. The van der Waals surface area contributed by atoms with Crippen LogP contribution in [0.5, 0.6) is 0 Å². The first-order chi connectivity index (χ1) is 13.6. The highest BCUT2D eigenvalue weighted by molar-refractivity contribution is 7.09. The van der Waals surface area contributed by atoms with Crippen LogP contribution >= 0.6 is 11.3 Å². The molecule has 1 aromatic carbocycles. The van der Waals surface area contributed by atoms with Crippen molar-refractivity contribution in [3.63, 3.8) is 0 Å². The summed E-state index contributed by atoms with van der Waals surface area (Å²) in [6, 6.07) is 7.90. The standard InChI is InChI=1S/C23H29N3OS/c1-15-2-4-19(5-3-15)25-21(27)9-22-26-20(14-28-22)13-24-23-10-16-6-17(11-23)8-18(7-16)12-23/h2-5,14,16-18,24H,6-13H2,1H3,(H,25,27). The van der Waals surface area contributed by atoms with Crippen LogP contribution < -0.4 is 10.6 Å². The molecule has 6 rings (SSSR count). The lowest BCUT2D eigenvalue weighted by atomic mass is 9.53. The molecule has 2 N–H and O–H groups in total. The summed E-state index contributed by atoms with van der Waals surface area (Å²) in [5, 5.41) is 9.87. The van der Waals surface area contributed by atoms with Gasteiger partial charge in [0, 0.05) is 23.2 Å². The van der Waals surface area contributed by atoms with Gasteiger partial charge in [-0.1, -0.05) is 17.7 Å². The van der Waals surface area contributed by atoms with Gasteiger partial charge in [-0.25, -0.2) is 4.98 Å². The van der Waals surface area contributed by atoms with Gasteiger partial charge in [0.25, 0.3) is 0 Å². The molecule has 28 heavy (non-hydrogen) atoms. The smallest absolute Gasteiger partial charge is 0.231 e. The molecule has 4 bridgehead atoms. The average Bonchev–Trinajstić information content (AvgIpc) is 3.08. The van der Waals surface area contributed by atoms with Gasteiger partial charge in [-0.3, -0.25) is 4.79 Å². The molecule has 4 aliphatic rings. The zero-order chi connectivity index (χ0) is 19.1. The van der Waals surface area contributed by atoms with Crippen molar-refractivity contribution < 1.29 is 4.79 Å². The summed E-state index contributed by atoms with van der Waals surface area (Å²) in [6.07, 6.45) is 8.82. The maximum absolute atomic E-state index is 12.3. The van der Waals surface area contributed by atoms with Gasteiger partial charge < -0.3 is 10.6 Å². The molecule has 4 aliphatic carbocycles. The van der Waals surface area contributed by atoms with E-state index in [9.17, 15) is 4.79 Å². The van der Waals surface area contributed by atoms with Gasteiger partial charge in [-0.2, -0.15) is 0 Å². The Morgan fingerprint density at radius 3 is 2.39 bits per heavy atom. The topological polar surface area (TPSA) is 54.0 Å². The van der Waals surface area contributed by atoms with E-state index in [2.05, 4.69) is 16.0 Å². The van der Waals surface area contributed by atoms with E-state index in [1.165, 1.54) is 44.1 Å². The number of carbonyl (C=O) groups is 1. The molecule has 4 saturated carbocycles. The quantitative estimate of drug-likeness (QED) is 0.746. The average molecular weight is 396 g/mol. The fourth-order valence-electron chi connectivity index (χ4n) is 6.10. The van der Waals surface area contributed by atoms with Crippen molar-refractivity contribution in [3.05, 3.63) is 45.9 Å². The number of carbonyl (C=O) groups excluding carboxylic acids is 1. The monoisotopic (exact) mass is 395 g/mol. The van der Waals surface area contributed by atoms with E-state index >= 15 is 0 Å². The van der Waals surface area contributed by atoms with Crippen molar-refractivity contribution in [2.24, 2.45) is 17.8 Å². The summed E-state index contributed by atoms with van der Waals surface area (Å²) in [5.74, 6) is 2.86. The van der Waals surface area contributed by atoms with Crippen LogP contribution in [-0.4, -0.2) is 16.4 Å². The highest BCUT2D eigenvalue weighted by Crippen LogP contribution is 2.55. The third kappa shape index (κ3) is 3.87. The molecule has 0 radical (unpaired) electrons. The van der Waals surface area contributed by atoms with Crippen molar-refractivity contribution in [2.75, 3.05) is 5.32 Å². The number of anilines is 1. The number of rotatable bonds is 6. The zero-order valence-electron chi connectivity index (χ0n) is 16.5. The number of benzene rings is 1.